The highest BCUT2D eigenvalue weighted by atomic mass is 16.3. The second-order valence-corrected chi connectivity index (χ2v) is 8.97. The average molecular weight is 463 g/mol. The van der Waals surface area contributed by atoms with E-state index in [1.54, 1.807) is 28.9 Å². The standard InChI is InChI=1S/C25H30N6O3/c32-21(16-29-10-7-18-3-1-2-4-19(18)14-29)13-27-24(33)22-17-31-15-20(5-6-23(31)28-22)25(34)30-11-8-26-9-12-30/h1-6,15,17,21,26,32H,7-14,16H2,(H,27,33)/t21-/m1/s1. The number of nitrogens with one attached hydrogen (secondary N) is 2. The molecule has 2 aromatic heterocycles. The fourth-order valence-electron chi connectivity index (χ4n) is 4.65. The van der Waals surface area contributed by atoms with Gasteiger partial charge in [0.15, 0.2) is 0 Å². The predicted molar refractivity (Wildman–Crippen MR) is 128 cm³/mol. The molecule has 9 nitrogen and oxygen atoms in total. The number of nitrogens with zero attached hydrogens (tertiary/aromatic N) is 4. The van der Waals surface area contributed by atoms with Gasteiger partial charge in [0.05, 0.1) is 11.7 Å². The first-order valence-electron chi connectivity index (χ1n) is 11.8. The van der Waals surface area contributed by atoms with Crippen LogP contribution in [0.2, 0.25) is 0 Å². The lowest BCUT2D eigenvalue weighted by molar-refractivity contribution is 0.0735. The van der Waals surface area contributed by atoms with E-state index in [0.29, 0.717) is 30.8 Å². The second-order valence-electron chi connectivity index (χ2n) is 8.97. The number of piperazine rings is 1. The molecule has 5 rings (SSSR count). The number of β-amino-alcohol motifs (C(OH)–C–C–N with tert-alkyl or cyclic N) is 1. The van der Waals surface area contributed by atoms with Crippen molar-refractivity contribution in [3.63, 3.8) is 0 Å². The van der Waals surface area contributed by atoms with Crippen LogP contribution >= 0.6 is 0 Å². The first kappa shape index (κ1) is 22.5. The van der Waals surface area contributed by atoms with Crippen molar-refractivity contribution in [2.24, 2.45) is 0 Å². The normalized spacial score (nSPS) is 17.4. The number of carbonyl (C=O) groups is 2. The SMILES string of the molecule is O=C(NC[C@@H](O)CN1CCc2ccccc2C1)c1cn2cc(C(=O)N3CCNCC3)ccc2n1. The zero-order valence-corrected chi connectivity index (χ0v) is 19.1. The molecule has 0 spiro atoms. The molecule has 0 aliphatic carbocycles. The largest absolute Gasteiger partial charge is 0.390 e. The van der Waals surface area contributed by atoms with Gasteiger partial charge in [0.2, 0.25) is 0 Å². The van der Waals surface area contributed by atoms with Gasteiger partial charge in [-0.15, -0.1) is 0 Å². The number of benzene rings is 1. The Morgan fingerprint density at radius 3 is 2.68 bits per heavy atom. The molecule has 0 saturated carbocycles. The number of amides is 2. The van der Waals surface area contributed by atoms with Crippen LogP contribution in [0.25, 0.3) is 5.65 Å². The average Bonchev–Trinajstić information content (AvgIpc) is 3.31. The maximum atomic E-state index is 12.7. The van der Waals surface area contributed by atoms with Gasteiger partial charge in [0, 0.05) is 64.8 Å². The highest BCUT2D eigenvalue weighted by molar-refractivity contribution is 5.95. The topological polar surface area (TPSA) is 102 Å². The zero-order valence-electron chi connectivity index (χ0n) is 19.1. The molecule has 3 aromatic rings. The third-order valence-corrected chi connectivity index (χ3v) is 6.51. The van der Waals surface area contributed by atoms with E-state index >= 15 is 0 Å². The Morgan fingerprint density at radius 1 is 1.06 bits per heavy atom. The van der Waals surface area contributed by atoms with Crippen LogP contribution in [0.5, 0.6) is 0 Å². The van der Waals surface area contributed by atoms with Gasteiger partial charge in [-0.25, -0.2) is 4.98 Å². The number of aromatic nitrogens is 2. The smallest absolute Gasteiger partial charge is 0.271 e. The van der Waals surface area contributed by atoms with Crippen molar-refractivity contribution >= 4 is 17.5 Å². The van der Waals surface area contributed by atoms with Gasteiger partial charge in [0.25, 0.3) is 11.8 Å². The molecule has 1 fully saturated rings. The van der Waals surface area contributed by atoms with Gasteiger partial charge in [-0.3, -0.25) is 14.5 Å². The summed E-state index contributed by atoms with van der Waals surface area (Å²) in [6.07, 6.45) is 3.63. The summed E-state index contributed by atoms with van der Waals surface area (Å²) in [6.45, 7) is 5.29. The molecule has 0 bridgehead atoms. The van der Waals surface area contributed by atoms with E-state index < -0.39 is 6.10 Å². The monoisotopic (exact) mass is 462 g/mol. The van der Waals surface area contributed by atoms with Crippen LogP contribution in [0.4, 0.5) is 0 Å². The Balaban J connectivity index is 1.16. The summed E-state index contributed by atoms with van der Waals surface area (Å²) in [6, 6.07) is 11.9. The molecule has 9 heteroatoms. The highest BCUT2D eigenvalue weighted by Gasteiger charge is 2.21. The predicted octanol–water partition coefficient (Wildman–Crippen LogP) is 0.529. The highest BCUT2D eigenvalue weighted by Crippen LogP contribution is 2.18. The number of rotatable bonds is 6. The zero-order chi connectivity index (χ0) is 23.5. The van der Waals surface area contributed by atoms with E-state index in [2.05, 4.69) is 38.7 Å². The second kappa shape index (κ2) is 9.92. The van der Waals surface area contributed by atoms with Crippen LogP contribution in [0.15, 0.2) is 48.8 Å². The van der Waals surface area contributed by atoms with Crippen molar-refractivity contribution < 1.29 is 14.7 Å². The van der Waals surface area contributed by atoms with E-state index in [9.17, 15) is 14.7 Å². The summed E-state index contributed by atoms with van der Waals surface area (Å²) < 4.78 is 1.70. The summed E-state index contributed by atoms with van der Waals surface area (Å²) in [5, 5.41) is 16.5. The molecule has 1 atom stereocenters. The first-order chi connectivity index (χ1) is 16.6. The summed E-state index contributed by atoms with van der Waals surface area (Å²) >= 11 is 0. The molecule has 4 heterocycles. The molecule has 2 amide bonds. The minimum atomic E-state index is -0.672. The van der Waals surface area contributed by atoms with Crippen molar-refractivity contribution in [3.05, 3.63) is 71.2 Å². The van der Waals surface area contributed by atoms with E-state index in [1.807, 2.05) is 11.0 Å². The van der Waals surface area contributed by atoms with E-state index in [4.69, 9.17) is 0 Å². The fourth-order valence-corrected chi connectivity index (χ4v) is 4.65. The van der Waals surface area contributed by atoms with Crippen LogP contribution in [0, 0.1) is 0 Å². The molecule has 2 aliphatic rings. The molecular weight excluding hydrogens is 432 g/mol. The summed E-state index contributed by atoms with van der Waals surface area (Å²) in [5.74, 6) is -0.367. The Kier molecular flexibility index (Phi) is 6.57. The molecule has 1 aromatic carbocycles. The van der Waals surface area contributed by atoms with Crippen LogP contribution < -0.4 is 10.6 Å². The van der Waals surface area contributed by atoms with E-state index in [-0.39, 0.29) is 24.1 Å². The summed E-state index contributed by atoms with van der Waals surface area (Å²) in [7, 11) is 0. The molecular formula is C25H30N6O3. The van der Waals surface area contributed by atoms with Gasteiger partial charge in [-0.05, 0) is 29.7 Å². The Hall–Kier alpha value is -3.27. The quantitative estimate of drug-likeness (QED) is 0.494. The van der Waals surface area contributed by atoms with Crippen molar-refractivity contribution in [1.29, 1.82) is 0 Å². The molecule has 34 heavy (non-hydrogen) atoms. The van der Waals surface area contributed by atoms with Crippen molar-refractivity contribution in [3.8, 4) is 0 Å². The lowest BCUT2D eigenvalue weighted by Gasteiger charge is -2.30. The number of imidazole rings is 1. The van der Waals surface area contributed by atoms with Crippen LogP contribution in [0.1, 0.15) is 32.0 Å². The molecule has 3 N–H and O–H groups in total. The first-order valence-corrected chi connectivity index (χ1v) is 11.8. The fraction of sp³-hybridized carbons (Fsp3) is 0.400. The lowest BCUT2D eigenvalue weighted by atomic mass is 10.00. The van der Waals surface area contributed by atoms with Gasteiger partial charge < -0.3 is 25.0 Å². The number of aliphatic hydroxyl groups is 1. The van der Waals surface area contributed by atoms with Gasteiger partial charge in [-0.1, -0.05) is 24.3 Å². The van der Waals surface area contributed by atoms with Crippen molar-refractivity contribution in [1.82, 2.24) is 29.8 Å². The molecule has 0 unspecified atom stereocenters. The number of aliphatic hydroxyl groups excluding tert-OH is 1. The van der Waals surface area contributed by atoms with Gasteiger partial charge in [-0.2, -0.15) is 0 Å². The van der Waals surface area contributed by atoms with Gasteiger partial charge >= 0.3 is 0 Å². The third kappa shape index (κ3) is 4.96. The molecule has 178 valence electrons. The summed E-state index contributed by atoms with van der Waals surface area (Å²) in [4.78, 5) is 33.8. The molecule has 2 aliphatic heterocycles. The van der Waals surface area contributed by atoms with Crippen molar-refractivity contribution in [2.75, 3.05) is 45.8 Å². The Bertz CT molecular complexity index is 1190. The maximum Gasteiger partial charge on any atom is 0.271 e. The number of hydrogen-bond donors (Lipinski definition) is 3. The third-order valence-electron chi connectivity index (χ3n) is 6.51. The molecule has 0 radical (unpaired) electrons. The van der Waals surface area contributed by atoms with Crippen LogP contribution in [0.3, 0.4) is 0 Å². The number of carbonyl (C=O) groups excluding carboxylic acids is 2. The summed E-state index contributed by atoms with van der Waals surface area (Å²) in [5.41, 5.74) is 4.08. The number of pyridine rings is 1. The van der Waals surface area contributed by atoms with Crippen molar-refractivity contribution in [2.45, 2.75) is 19.1 Å². The minimum absolute atomic E-state index is 0.0217. The minimum Gasteiger partial charge on any atom is -0.390 e. The van der Waals surface area contributed by atoms with E-state index in [0.717, 1.165) is 32.6 Å². The number of hydrogen-bond acceptors (Lipinski definition) is 6. The maximum absolute atomic E-state index is 12.7. The lowest BCUT2D eigenvalue weighted by Crippen LogP contribution is -2.46. The molecule has 1 saturated heterocycles. The van der Waals surface area contributed by atoms with Gasteiger partial charge in [0.1, 0.15) is 11.3 Å². The number of fused-ring (bicyclic) bond motifs is 2. The van der Waals surface area contributed by atoms with Crippen LogP contribution in [-0.2, 0) is 13.0 Å². The Morgan fingerprint density at radius 2 is 1.85 bits per heavy atom. The van der Waals surface area contributed by atoms with E-state index in [1.165, 1.54) is 11.1 Å². The Labute approximate surface area is 198 Å². The van der Waals surface area contributed by atoms with Crippen LogP contribution in [-0.4, -0.2) is 88.0 Å².